The highest BCUT2D eigenvalue weighted by atomic mass is 16.5. The third-order valence-corrected chi connectivity index (χ3v) is 4.72. The first kappa shape index (κ1) is 20.0. The number of morpholine rings is 1. The van der Waals surface area contributed by atoms with Gasteiger partial charge in [-0.2, -0.15) is 0 Å². The summed E-state index contributed by atoms with van der Waals surface area (Å²) in [6, 6.07) is 17.2. The van der Waals surface area contributed by atoms with Crippen molar-refractivity contribution in [3.8, 4) is 11.1 Å². The maximum atomic E-state index is 12.2. The predicted molar refractivity (Wildman–Crippen MR) is 109 cm³/mol. The number of ether oxygens (including phenoxy) is 1. The molecule has 0 aliphatic carbocycles. The molecule has 28 heavy (non-hydrogen) atoms. The van der Waals surface area contributed by atoms with Gasteiger partial charge in [0.05, 0.1) is 12.2 Å². The van der Waals surface area contributed by atoms with Crippen LogP contribution in [0, 0.1) is 0 Å². The molecule has 0 unspecified atom stereocenters. The number of hydrogen-bond acceptors (Lipinski definition) is 4. The summed E-state index contributed by atoms with van der Waals surface area (Å²) in [4.78, 5) is 26.5. The van der Waals surface area contributed by atoms with E-state index in [1.54, 1.807) is 12.1 Å². The average molecular weight is 381 g/mol. The Morgan fingerprint density at radius 3 is 2.18 bits per heavy atom. The molecule has 1 aliphatic heterocycles. The van der Waals surface area contributed by atoms with Gasteiger partial charge in [-0.3, -0.25) is 25.3 Å². The van der Waals surface area contributed by atoms with Gasteiger partial charge in [0.1, 0.15) is 0 Å². The van der Waals surface area contributed by atoms with Gasteiger partial charge >= 0.3 is 0 Å². The van der Waals surface area contributed by atoms with Crippen LogP contribution in [-0.2, 0) is 9.53 Å². The first-order valence-corrected chi connectivity index (χ1v) is 9.64. The fourth-order valence-electron chi connectivity index (χ4n) is 3.43. The van der Waals surface area contributed by atoms with Crippen LogP contribution in [0.15, 0.2) is 54.6 Å². The van der Waals surface area contributed by atoms with Gasteiger partial charge in [0.2, 0.25) is 5.91 Å². The van der Waals surface area contributed by atoms with Crippen LogP contribution in [0.5, 0.6) is 0 Å². The van der Waals surface area contributed by atoms with Gasteiger partial charge in [-0.1, -0.05) is 42.5 Å². The summed E-state index contributed by atoms with van der Waals surface area (Å²) in [7, 11) is 0. The van der Waals surface area contributed by atoms with Gasteiger partial charge in [0, 0.05) is 31.6 Å². The lowest BCUT2D eigenvalue weighted by Crippen LogP contribution is -2.47. The Bertz CT molecular complexity index is 782. The Hall–Kier alpha value is -2.70. The topological polar surface area (TPSA) is 70.7 Å². The van der Waals surface area contributed by atoms with Crippen LogP contribution >= 0.6 is 0 Å². The summed E-state index contributed by atoms with van der Waals surface area (Å²) in [6.45, 7) is 6.35. The Morgan fingerprint density at radius 1 is 0.929 bits per heavy atom. The van der Waals surface area contributed by atoms with E-state index in [0.29, 0.717) is 18.5 Å². The summed E-state index contributed by atoms with van der Waals surface area (Å²) in [5.74, 6) is -0.539. The third-order valence-electron chi connectivity index (χ3n) is 4.72. The first-order chi connectivity index (χ1) is 13.5. The molecule has 1 fully saturated rings. The molecule has 6 heteroatoms. The minimum Gasteiger partial charge on any atom is -0.373 e. The molecule has 0 bridgehead atoms. The standard InChI is InChI=1S/C22H27N3O3/c1-16-14-25(15-17(2)28-16)13-12-21(26)23-24-22(27)20-10-8-19(9-11-20)18-6-4-3-5-7-18/h3-11,16-17H,12-15H2,1-2H3,(H,23,26)(H,24,27)/t16-,17-/m1/s1. The Labute approximate surface area is 165 Å². The first-order valence-electron chi connectivity index (χ1n) is 9.64. The van der Waals surface area contributed by atoms with Crippen molar-refractivity contribution in [1.29, 1.82) is 0 Å². The Balaban J connectivity index is 1.44. The average Bonchev–Trinajstić information content (AvgIpc) is 2.70. The summed E-state index contributed by atoms with van der Waals surface area (Å²) >= 11 is 0. The van der Waals surface area contributed by atoms with Gasteiger partial charge in [0.25, 0.3) is 5.91 Å². The molecule has 2 N–H and O–H groups in total. The zero-order valence-corrected chi connectivity index (χ0v) is 16.4. The lowest BCUT2D eigenvalue weighted by molar-refractivity contribution is -0.123. The predicted octanol–water partition coefficient (Wildman–Crippen LogP) is 2.61. The summed E-state index contributed by atoms with van der Waals surface area (Å²) in [6.07, 6.45) is 0.669. The summed E-state index contributed by atoms with van der Waals surface area (Å²) in [5, 5.41) is 0. The van der Waals surface area contributed by atoms with Crippen molar-refractivity contribution in [3.05, 3.63) is 60.2 Å². The smallest absolute Gasteiger partial charge is 0.269 e. The van der Waals surface area contributed by atoms with Gasteiger partial charge in [-0.05, 0) is 37.1 Å². The van der Waals surface area contributed by atoms with E-state index in [9.17, 15) is 9.59 Å². The number of nitrogens with one attached hydrogen (secondary N) is 2. The molecule has 6 nitrogen and oxygen atoms in total. The van der Waals surface area contributed by atoms with Gasteiger partial charge in [-0.15, -0.1) is 0 Å². The molecule has 2 atom stereocenters. The molecule has 1 aliphatic rings. The molecule has 0 aromatic heterocycles. The molecule has 0 spiro atoms. The van der Waals surface area contributed by atoms with Crippen LogP contribution in [0.2, 0.25) is 0 Å². The van der Waals surface area contributed by atoms with E-state index in [0.717, 1.165) is 24.2 Å². The molecule has 0 radical (unpaired) electrons. The van der Waals surface area contributed by atoms with E-state index in [1.165, 1.54) is 0 Å². The monoisotopic (exact) mass is 381 g/mol. The van der Waals surface area contributed by atoms with Gasteiger partial charge < -0.3 is 4.74 Å². The third kappa shape index (κ3) is 5.65. The maximum Gasteiger partial charge on any atom is 0.269 e. The highest BCUT2D eigenvalue weighted by Gasteiger charge is 2.22. The van der Waals surface area contributed by atoms with Gasteiger partial charge in [0.15, 0.2) is 0 Å². The second kappa shape index (κ2) is 9.48. The minimum absolute atomic E-state index is 0.172. The van der Waals surface area contributed by atoms with Crippen molar-refractivity contribution in [3.63, 3.8) is 0 Å². The lowest BCUT2D eigenvalue weighted by atomic mass is 10.0. The second-order valence-corrected chi connectivity index (χ2v) is 7.21. The molecule has 1 saturated heterocycles. The Morgan fingerprint density at radius 2 is 1.54 bits per heavy atom. The maximum absolute atomic E-state index is 12.2. The van der Waals surface area contributed by atoms with E-state index in [4.69, 9.17) is 4.74 Å². The van der Waals surface area contributed by atoms with Crippen LogP contribution in [0.25, 0.3) is 11.1 Å². The summed E-state index contributed by atoms with van der Waals surface area (Å²) in [5.41, 5.74) is 7.60. The quantitative estimate of drug-likeness (QED) is 0.781. The van der Waals surface area contributed by atoms with Crippen molar-refractivity contribution in [2.45, 2.75) is 32.5 Å². The zero-order valence-electron chi connectivity index (χ0n) is 16.4. The van der Waals surface area contributed by atoms with Crippen LogP contribution in [-0.4, -0.2) is 48.6 Å². The van der Waals surface area contributed by atoms with Crippen LogP contribution in [0.3, 0.4) is 0 Å². The normalized spacial score (nSPS) is 19.8. The zero-order chi connectivity index (χ0) is 19.9. The van der Waals surface area contributed by atoms with Crippen LogP contribution in [0.4, 0.5) is 0 Å². The van der Waals surface area contributed by atoms with E-state index in [-0.39, 0.29) is 24.0 Å². The minimum atomic E-state index is -0.332. The molecule has 2 aromatic carbocycles. The highest BCUT2D eigenvalue weighted by molar-refractivity contribution is 5.95. The largest absolute Gasteiger partial charge is 0.373 e. The van der Waals surface area contributed by atoms with E-state index >= 15 is 0 Å². The van der Waals surface area contributed by atoms with Crippen LogP contribution in [0.1, 0.15) is 30.6 Å². The van der Waals surface area contributed by atoms with Crippen molar-refractivity contribution < 1.29 is 14.3 Å². The van der Waals surface area contributed by atoms with Crippen molar-refractivity contribution in [2.75, 3.05) is 19.6 Å². The van der Waals surface area contributed by atoms with Crippen molar-refractivity contribution in [2.24, 2.45) is 0 Å². The number of rotatable bonds is 5. The molecule has 0 saturated carbocycles. The molecular weight excluding hydrogens is 354 g/mol. The fourth-order valence-corrected chi connectivity index (χ4v) is 3.43. The van der Waals surface area contributed by atoms with Crippen molar-refractivity contribution >= 4 is 11.8 Å². The summed E-state index contributed by atoms with van der Waals surface area (Å²) < 4.78 is 5.69. The number of hydrazine groups is 1. The number of carbonyl (C=O) groups is 2. The molecular formula is C22H27N3O3. The number of amides is 2. The Kier molecular flexibility index (Phi) is 6.79. The van der Waals surface area contributed by atoms with Crippen molar-refractivity contribution in [1.82, 2.24) is 15.8 Å². The number of hydrogen-bond donors (Lipinski definition) is 2. The van der Waals surface area contributed by atoms with Crippen LogP contribution < -0.4 is 10.9 Å². The number of benzene rings is 2. The number of carbonyl (C=O) groups excluding carboxylic acids is 2. The fraction of sp³-hybridized carbons (Fsp3) is 0.364. The molecule has 148 valence electrons. The second-order valence-electron chi connectivity index (χ2n) is 7.21. The molecule has 2 aromatic rings. The van der Waals surface area contributed by atoms with E-state index < -0.39 is 0 Å². The van der Waals surface area contributed by atoms with E-state index in [1.807, 2.05) is 56.3 Å². The van der Waals surface area contributed by atoms with E-state index in [2.05, 4.69) is 15.8 Å². The molecule has 1 heterocycles. The molecule has 3 rings (SSSR count). The SMILES string of the molecule is C[C@@H]1CN(CCC(=O)NNC(=O)c2ccc(-c3ccccc3)cc2)C[C@@H](C)O1. The highest BCUT2D eigenvalue weighted by Crippen LogP contribution is 2.19. The lowest BCUT2D eigenvalue weighted by Gasteiger charge is -2.35. The molecule has 2 amide bonds. The van der Waals surface area contributed by atoms with Gasteiger partial charge in [-0.25, -0.2) is 0 Å². The number of nitrogens with zero attached hydrogens (tertiary/aromatic N) is 1.